The van der Waals surface area contributed by atoms with Crippen LogP contribution in [0, 0.1) is 6.92 Å². The summed E-state index contributed by atoms with van der Waals surface area (Å²) >= 11 is 5.98. The summed E-state index contributed by atoms with van der Waals surface area (Å²) < 4.78 is 10.1. The Bertz CT molecular complexity index is 707. The fourth-order valence-corrected chi connectivity index (χ4v) is 1.84. The van der Waals surface area contributed by atoms with Crippen LogP contribution in [0.15, 0.2) is 28.7 Å². The van der Waals surface area contributed by atoms with Crippen LogP contribution in [-0.2, 0) is 0 Å². The molecule has 2 N–H and O–H groups in total. The van der Waals surface area contributed by atoms with Gasteiger partial charge >= 0.3 is 5.97 Å². The van der Waals surface area contributed by atoms with Crippen molar-refractivity contribution < 1.29 is 23.8 Å². The number of rotatable bonds is 4. The number of furan rings is 1. The van der Waals surface area contributed by atoms with Gasteiger partial charge in [-0.1, -0.05) is 11.6 Å². The molecule has 0 atom stereocenters. The lowest BCUT2D eigenvalue weighted by atomic mass is 10.2. The van der Waals surface area contributed by atoms with Gasteiger partial charge in [0, 0.05) is 11.1 Å². The molecule has 21 heavy (non-hydrogen) atoms. The number of halogens is 1. The van der Waals surface area contributed by atoms with E-state index in [1.54, 1.807) is 19.1 Å². The molecule has 110 valence electrons. The number of anilines is 1. The third kappa shape index (κ3) is 3.17. The van der Waals surface area contributed by atoms with Gasteiger partial charge in [-0.2, -0.15) is 0 Å². The van der Waals surface area contributed by atoms with E-state index < -0.39 is 11.9 Å². The number of hydrogen-bond acceptors (Lipinski definition) is 4. The zero-order valence-corrected chi connectivity index (χ0v) is 12.0. The SMILES string of the molecule is COc1cc(Cl)c(C)cc1NC(=O)c1ccc(C(=O)O)o1. The normalized spacial score (nSPS) is 10.2. The summed E-state index contributed by atoms with van der Waals surface area (Å²) in [4.78, 5) is 22.7. The molecule has 6 nitrogen and oxygen atoms in total. The van der Waals surface area contributed by atoms with Crippen LogP contribution in [0.4, 0.5) is 5.69 Å². The second kappa shape index (κ2) is 5.88. The van der Waals surface area contributed by atoms with Crippen LogP contribution < -0.4 is 10.1 Å². The topological polar surface area (TPSA) is 88.8 Å². The molecular weight excluding hydrogens is 298 g/mol. The maximum Gasteiger partial charge on any atom is 0.371 e. The van der Waals surface area contributed by atoms with E-state index in [2.05, 4.69) is 5.32 Å². The second-order valence-corrected chi connectivity index (χ2v) is 4.63. The quantitative estimate of drug-likeness (QED) is 0.905. The number of carbonyl (C=O) groups is 2. The summed E-state index contributed by atoms with van der Waals surface area (Å²) in [7, 11) is 1.45. The van der Waals surface area contributed by atoms with Crippen molar-refractivity contribution in [1.29, 1.82) is 0 Å². The monoisotopic (exact) mass is 309 g/mol. The van der Waals surface area contributed by atoms with Crippen LogP contribution in [0.2, 0.25) is 5.02 Å². The van der Waals surface area contributed by atoms with Gasteiger partial charge in [-0.05, 0) is 30.7 Å². The lowest BCUT2D eigenvalue weighted by molar-refractivity contribution is 0.0660. The molecule has 0 saturated heterocycles. The minimum atomic E-state index is -1.24. The van der Waals surface area contributed by atoms with Crippen molar-refractivity contribution in [3.05, 3.63) is 46.4 Å². The van der Waals surface area contributed by atoms with Crippen molar-refractivity contribution in [2.24, 2.45) is 0 Å². The Hall–Kier alpha value is -2.47. The molecule has 0 spiro atoms. The second-order valence-electron chi connectivity index (χ2n) is 4.22. The van der Waals surface area contributed by atoms with Gasteiger partial charge in [-0.15, -0.1) is 0 Å². The highest BCUT2D eigenvalue weighted by Crippen LogP contribution is 2.31. The van der Waals surface area contributed by atoms with Crippen LogP contribution in [0.5, 0.6) is 5.75 Å². The van der Waals surface area contributed by atoms with Crippen molar-refractivity contribution in [3.63, 3.8) is 0 Å². The number of nitrogens with one attached hydrogen (secondary N) is 1. The zero-order valence-electron chi connectivity index (χ0n) is 11.3. The van der Waals surface area contributed by atoms with Crippen molar-refractivity contribution in [3.8, 4) is 5.75 Å². The van der Waals surface area contributed by atoms with Crippen LogP contribution in [0.3, 0.4) is 0 Å². The molecule has 0 bridgehead atoms. The molecule has 0 aliphatic rings. The number of benzene rings is 1. The minimum Gasteiger partial charge on any atom is -0.495 e. The summed E-state index contributed by atoms with van der Waals surface area (Å²) in [5, 5.41) is 11.9. The largest absolute Gasteiger partial charge is 0.495 e. The summed E-state index contributed by atoms with van der Waals surface area (Å²) in [6.45, 7) is 1.78. The van der Waals surface area contributed by atoms with Gasteiger partial charge in [-0.25, -0.2) is 4.79 Å². The van der Waals surface area contributed by atoms with E-state index in [4.69, 9.17) is 25.9 Å². The van der Waals surface area contributed by atoms with E-state index in [1.165, 1.54) is 19.2 Å². The maximum atomic E-state index is 12.0. The van der Waals surface area contributed by atoms with Gasteiger partial charge in [0.2, 0.25) is 5.76 Å². The van der Waals surface area contributed by atoms with E-state index >= 15 is 0 Å². The molecular formula is C14H12ClNO5. The van der Waals surface area contributed by atoms with Gasteiger partial charge in [0.25, 0.3) is 5.91 Å². The molecule has 2 aromatic rings. The maximum absolute atomic E-state index is 12.0. The number of carbonyl (C=O) groups excluding carboxylic acids is 1. The van der Waals surface area contributed by atoms with Gasteiger partial charge in [0.05, 0.1) is 12.8 Å². The molecule has 0 aliphatic heterocycles. The number of hydrogen-bond donors (Lipinski definition) is 2. The number of carboxylic acids is 1. The predicted molar refractivity (Wildman–Crippen MR) is 76.4 cm³/mol. The predicted octanol–water partition coefficient (Wildman–Crippen LogP) is 3.20. The molecule has 7 heteroatoms. The molecule has 0 unspecified atom stereocenters. The molecule has 0 saturated carbocycles. The fraction of sp³-hybridized carbons (Fsp3) is 0.143. The van der Waals surface area contributed by atoms with E-state index in [1.807, 2.05) is 0 Å². The van der Waals surface area contributed by atoms with Crippen LogP contribution in [-0.4, -0.2) is 24.1 Å². The van der Waals surface area contributed by atoms with E-state index in [0.717, 1.165) is 5.56 Å². The molecule has 0 fully saturated rings. The smallest absolute Gasteiger partial charge is 0.371 e. The Kier molecular flexibility index (Phi) is 4.18. The average Bonchev–Trinajstić information content (AvgIpc) is 2.92. The molecule has 1 aromatic heterocycles. The summed E-state index contributed by atoms with van der Waals surface area (Å²) in [5.74, 6) is -1.85. The lowest BCUT2D eigenvalue weighted by Gasteiger charge is -2.11. The Balaban J connectivity index is 2.26. The van der Waals surface area contributed by atoms with Crippen molar-refractivity contribution in [1.82, 2.24) is 0 Å². The van der Waals surface area contributed by atoms with Crippen molar-refractivity contribution in [2.45, 2.75) is 6.92 Å². The number of ether oxygens (including phenoxy) is 1. The van der Waals surface area contributed by atoms with E-state index in [-0.39, 0.29) is 11.5 Å². The van der Waals surface area contributed by atoms with Gasteiger partial charge in [0.15, 0.2) is 5.76 Å². The molecule has 1 aromatic carbocycles. The first-order valence-electron chi connectivity index (χ1n) is 5.91. The number of aryl methyl sites for hydroxylation is 1. The molecule has 0 aliphatic carbocycles. The van der Waals surface area contributed by atoms with Crippen molar-refractivity contribution in [2.75, 3.05) is 12.4 Å². The highest BCUT2D eigenvalue weighted by Gasteiger charge is 2.17. The standard InChI is InChI=1S/C14H12ClNO5/c1-7-5-9(12(20-2)6-8(7)15)16-13(17)10-3-4-11(21-10)14(18)19/h3-6H,1-2H3,(H,16,17)(H,18,19). The Morgan fingerprint density at radius 3 is 2.52 bits per heavy atom. The number of methoxy groups -OCH3 is 1. The average molecular weight is 310 g/mol. The van der Waals surface area contributed by atoms with Crippen LogP contribution in [0.25, 0.3) is 0 Å². The van der Waals surface area contributed by atoms with E-state index in [0.29, 0.717) is 16.5 Å². The Morgan fingerprint density at radius 2 is 1.95 bits per heavy atom. The van der Waals surface area contributed by atoms with Crippen molar-refractivity contribution >= 4 is 29.2 Å². The molecule has 0 radical (unpaired) electrons. The first kappa shape index (κ1) is 14.9. The zero-order chi connectivity index (χ0) is 15.6. The highest BCUT2D eigenvalue weighted by atomic mass is 35.5. The van der Waals surface area contributed by atoms with Gasteiger partial charge in [-0.3, -0.25) is 4.79 Å². The number of amides is 1. The van der Waals surface area contributed by atoms with Crippen LogP contribution >= 0.6 is 11.6 Å². The highest BCUT2D eigenvalue weighted by molar-refractivity contribution is 6.31. The summed E-state index contributed by atoms with van der Waals surface area (Å²) in [6, 6.07) is 5.73. The minimum absolute atomic E-state index is 0.109. The lowest BCUT2D eigenvalue weighted by Crippen LogP contribution is -2.12. The number of aromatic carboxylic acids is 1. The molecule has 1 heterocycles. The molecule has 2 rings (SSSR count). The molecule has 1 amide bonds. The fourth-order valence-electron chi connectivity index (χ4n) is 1.69. The Morgan fingerprint density at radius 1 is 1.29 bits per heavy atom. The summed E-state index contributed by atoms with van der Waals surface area (Å²) in [5.41, 5.74) is 1.18. The summed E-state index contributed by atoms with van der Waals surface area (Å²) in [6.07, 6.45) is 0. The van der Waals surface area contributed by atoms with Gasteiger partial charge in [0.1, 0.15) is 5.75 Å². The van der Waals surface area contributed by atoms with Crippen LogP contribution in [0.1, 0.15) is 26.7 Å². The Labute approximate surface area is 125 Å². The number of carboxylic acid groups (broad SMARTS) is 1. The third-order valence-electron chi connectivity index (χ3n) is 2.77. The third-order valence-corrected chi connectivity index (χ3v) is 3.18. The first-order chi connectivity index (χ1) is 9.92. The van der Waals surface area contributed by atoms with E-state index in [9.17, 15) is 9.59 Å². The first-order valence-corrected chi connectivity index (χ1v) is 6.28. The van der Waals surface area contributed by atoms with Gasteiger partial charge < -0.3 is 19.6 Å².